The quantitative estimate of drug-likeness (QED) is 0.450. The minimum absolute atomic E-state index is 0.0139. The predicted molar refractivity (Wildman–Crippen MR) is 136 cm³/mol. The highest BCUT2D eigenvalue weighted by Crippen LogP contribution is 2.33. The van der Waals surface area contributed by atoms with Crippen LogP contribution in [0.3, 0.4) is 0 Å². The first-order valence-corrected chi connectivity index (χ1v) is 13.1. The Hall–Kier alpha value is -2.90. The third-order valence-electron chi connectivity index (χ3n) is 7.13. The Bertz CT molecular complexity index is 1140. The lowest BCUT2D eigenvalue weighted by Gasteiger charge is -2.40. The van der Waals surface area contributed by atoms with Gasteiger partial charge in [-0.05, 0) is 79.0 Å². The lowest BCUT2D eigenvalue weighted by atomic mass is 9.84. The standard InChI is InChI=1S/C28H31FN2O3S/c1-30(28(32)27-7-4-16-35-27)24(18-22-5-2-3-6-23(22)29)21-10-12-31(13-11-21)19-20-8-9-25-26(17-20)34-15-14-33-25/h2-9,16-17,21,24H,10-15,18-19H2,1H3. The van der Waals surface area contributed by atoms with Crippen LogP contribution in [-0.2, 0) is 13.0 Å². The van der Waals surface area contributed by atoms with E-state index in [2.05, 4.69) is 17.0 Å². The summed E-state index contributed by atoms with van der Waals surface area (Å²) in [6.45, 7) is 3.91. The van der Waals surface area contributed by atoms with Crippen molar-refractivity contribution < 1.29 is 18.7 Å². The van der Waals surface area contributed by atoms with E-state index in [-0.39, 0.29) is 17.8 Å². The lowest BCUT2D eigenvalue weighted by molar-refractivity contribution is 0.0587. The second kappa shape index (κ2) is 10.8. The number of thiophene rings is 1. The molecule has 5 nitrogen and oxygen atoms in total. The Morgan fingerprint density at radius 3 is 2.60 bits per heavy atom. The van der Waals surface area contributed by atoms with Gasteiger partial charge in [0, 0.05) is 19.6 Å². The van der Waals surface area contributed by atoms with Crippen LogP contribution in [0.15, 0.2) is 60.0 Å². The number of rotatable bonds is 7. The highest BCUT2D eigenvalue weighted by atomic mass is 32.1. The van der Waals surface area contributed by atoms with Crippen molar-refractivity contribution >= 4 is 17.2 Å². The van der Waals surface area contributed by atoms with Gasteiger partial charge in [-0.3, -0.25) is 9.69 Å². The summed E-state index contributed by atoms with van der Waals surface area (Å²) in [4.78, 5) is 18.2. The summed E-state index contributed by atoms with van der Waals surface area (Å²) >= 11 is 1.45. The molecule has 0 saturated carbocycles. The Kier molecular flexibility index (Phi) is 7.35. The number of carbonyl (C=O) groups is 1. The van der Waals surface area contributed by atoms with Gasteiger partial charge in [-0.1, -0.05) is 30.3 Å². The van der Waals surface area contributed by atoms with E-state index in [1.807, 2.05) is 47.7 Å². The van der Waals surface area contributed by atoms with Crippen molar-refractivity contribution in [3.05, 3.63) is 81.8 Å². The topological polar surface area (TPSA) is 42.0 Å². The monoisotopic (exact) mass is 494 g/mol. The average Bonchev–Trinajstić information content (AvgIpc) is 3.43. The van der Waals surface area contributed by atoms with E-state index in [0.717, 1.165) is 48.9 Å². The number of likely N-dealkylation sites (N-methyl/N-ethyl adjacent to an activating group) is 1. The molecule has 0 N–H and O–H groups in total. The van der Waals surface area contributed by atoms with Gasteiger partial charge in [-0.15, -0.1) is 11.3 Å². The van der Waals surface area contributed by atoms with E-state index in [9.17, 15) is 9.18 Å². The molecule has 1 fully saturated rings. The number of piperidine rings is 1. The zero-order valence-corrected chi connectivity index (χ0v) is 20.8. The second-order valence-electron chi connectivity index (χ2n) is 9.35. The molecule has 0 spiro atoms. The number of hydrogen-bond acceptors (Lipinski definition) is 5. The molecule has 1 unspecified atom stereocenters. The summed E-state index contributed by atoms with van der Waals surface area (Å²) in [6.07, 6.45) is 2.45. The molecule has 1 saturated heterocycles. The number of amides is 1. The summed E-state index contributed by atoms with van der Waals surface area (Å²) < 4.78 is 25.9. The molecule has 2 aliphatic heterocycles. The van der Waals surface area contributed by atoms with Crippen molar-refractivity contribution in [1.29, 1.82) is 0 Å². The molecule has 3 aromatic rings. The molecule has 0 radical (unpaired) electrons. The van der Waals surface area contributed by atoms with E-state index >= 15 is 0 Å². The molecule has 0 aliphatic carbocycles. The van der Waals surface area contributed by atoms with Crippen molar-refractivity contribution in [3.63, 3.8) is 0 Å². The van der Waals surface area contributed by atoms with Crippen LogP contribution in [0.5, 0.6) is 11.5 Å². The van der Waals surface area contributed by atoms with E-state index in [0.29, 0.717) is 31.1 Å². The van der Waals surface area contributed by atoms with Crippen LogP contribution < -0.4 is 9.47 Å². The molecule has 1 atom stereocenters. The molecule has 1 aromatic heterocycles. The van der Waals surface area contributed by atoms with Crippen molar-refractivity contribution in [2.75, 3.05) is 33.4 Å². The number of ether oxygens (including phenoxy) is 2. The maximum atomic E-state index is 14.6. The normalized spacial score (nSPS) is 17.2. The van der Waals surface area contributed by atoms with Crippen molar-refractivity contribution in [2.24, 2.45) is 5.92 Å². The molecule has 2 aliphatic rings. The molecule has 0 bridgehead atoms. The van der Waals surface area contributed by atoms with Crippen LogP contribution in [-0.4, -0.2) is 55.1 Å². The van der Waals surface area contributed by atoms with E-state index < -0.39 is 0 Å². The Balaban J connectivity index is 1.27. The maximum Gasteiger partial charge on any atom is 0.263 e. The second-order valence-corrected chi connectivity index (χ2v) is 10.3. The molecule has 35 heavy (non-hydrogen) atoms. The predicted octanol–water partition coefficient (Wildman–Crippen LogP) is 5.25. The zero-order valence-electron chi connectivity index (χ0n) is 20.0. The SMILES string of the molecule is CN(C(=O)c1cccs1)C(Cc1ccccc1F)C1CCN(Cc2ccc3c(c2)OCCO3)CC1. The lowest BCUT2D eigenvalue weighted by Crippen LogP contribution is -2.47. The van der Waals surface area contributed by atoms with Gasteiger partial charge < -0.3 is 14.4 Å². The molecule has 184 valence electrons. The number of hydrogen-bond donors (Lipinski definition) is 0. The minimum Gasteiger partial charge on any atom is -0.486 e. The van der Waals surface area contributed by atoms with Crippen molar-refractivity contribution in [2.45, 2.75) is 31.8 Å². The van der Waals surface area contributed by atoms with Crippen molar-refractivity contribution in [1.82, 2.24) is 9.80 Å². The van der Waals surface area contributed by atoms with E-state index in [1.54, 1.807) is 6.07 Å². The number of nitrogens with zero attached hydrogens (tertiary/aromatic N) is 2. The van der Waals surface area contributed by atoms with Gasteiger partial charge in [-0.25, -0.2) is 4.39 Å². The summed E-state index contributed by atoms with van der Waals surface area (Å²) in [7, 11) is 1.87. The first-order valence-electron chi connectivity index (χ1n) is 12.2. The fourth-order valence-corrected chi connectivity index (χ4v) is 5.88. The molecule has 1 amide bonds. The van der Waals surface area contributed by atoms with Crippen LogP contribution in [0, 0.1) is 11.7 Å². The third-order valence-corrected chi connectivity index (χ3v) is 7.98. The molecule has 2 aromatic carbocycles. The van der Waals surface area contributed by atoms with Gasteiger partial charge >= 0.3 is 0 Å². The average molecular weight is 495 g/mol. The summed E-state index contributed by atoms with van der Waals surface area (Å²) in [5, 5.41) is 1.92. The van der Waals surface area contributed by atoms with Gasteiger partial charge in [0.15, 0.2) is 11.5 Å². The Labute approximate surface area is 210 Å². The largest absolute Gasteiger partial charge is 0.486 e. The smallest absolute Gasteiger partial charge is 0.263 e. The summed E-state index contributed by atoms with van der Waals surface area (Å²) in [5.74, 6) is 1.75. The van der Waals surface area contributed by atoms with Gasteiger partial charge in [-0.2, -0.15) is 0 Å². The number of likely N-dealkylation sites (tertiary alicyclic amines) is 1. The highest BCUT2D eigenvalue weighted by molar-refractivity contribution is 7.12. The zero-order chi connectivity index (χ0) is 24.2. The number of halogens is 1. The molecule has 5 rings (SSSR count). The fraction of sp³-hybridized carbons (Fsp3) is 0.393. The third kappa shape index (κ3) is 5.52. The number of fused-ring (bicyclic) bond motifs is 1. The van der Waals surface area contributed by atoms with Gasteiger partial charge in [0.05, 0.1) is 4.88 Å². The summed E-state index contributed by atoms with van der Waals surface area (Å²) in [5.41, 5.74) is 1.88. The van der Waals surface area contributed by atoms with Crippen LogP contribution >= 0.6 is 11.3 Å². The first kappa shape index (κ1) is 23.8. The fourth-order valence-electron chi connectivity index (χ4n) is 5.17. The molecular weight excluding hydrogens is 463 g/mol. The van der Waals surface area contributed by atoms with Gasteiger partial charge in [0.2, 0.25) is 0 Å². The molecule has 3 heterocycles. The summed E-state index contributed by atoms with van der Waals surface area (Å²) in [6, 6.07) is 16.8. The highest BCUT2D eigenvalue weighted by Gasteiger charge is 2.33. The van der Waals surface area contributed by atoms with Crippen LogP contribution in [0.1, 0.15) is 33.6 Å². The Morgan fingerprint density at radius 1 is 1.09 bits per heavy atom. The van der Waals surface area contributed by atoms with Gasteiger partial charge in [0.25, 0.3) is 5.91 Å². The van der Waals surface area contributed by atoms with Crippen LogP contribution in [0.25, 0.3) is 0 Å². The maximum absolute atomic E-state index is 14.6. The van der Waals surface area contributed by atoms with E-state index in [1.165, 1.54) is 23.0 Å². The van der Waals surface area contributed by atoms with Gasteiger partial charge in [0.1, 0.15) is 19.0 Å². The van der Waals surface area contributed by atoms with Crippen LogP contribution in [0.2, 0.25) is 0 Å². The minimum atomic E-state index is -0.203. The number of benzene rings is 2. The molecule has 7 heteroatoms. The first-order chi connectivity index (χ1) is 17.1. The van der Waals surface area contributed by atoms with Crippen molar-refractivity contribution in [3.8, 4) is 11.5 Å². The van der Waals surface area contributed by atoms with E-state index in [4.69, 9.17) is 9.47 Å². The Morgan fingerprint density at radius 2 is 1.86 bits per heavy atom. The van der Waals surface area contributed by atoms with Crippen LogP contribution in [0.4, 0.5) is 4.39 Å². The number of carbonyl (C=O) groups excluding carboxylic acids is 1. The molecular formula is C28H31FN2O3S.